The van der Waals surface area contributed by atoms with Gasteiger partial charge in [0, 0.05) is 19.3 Å². The minimum Gasteiger partial charge on any atom is -0.396 e. The lowest BCUT2D eigenvalue weighted by molar-refractivity contribution is -0.125. The largest absolute Gasteiger partial charge is 0.396 e. The van der Waals surface area contributed by atoms with E-state index < -0.39 is 0 Å². The van der Waals surface area contributed by atoms with E-state index >= 15 is 0 Å². The van der Waals surface area contributed by atoms with Gasteiger partial charge in [-0.1, -0.05) is 0 Å². The number of aliphatic hydroxyl groups is 1. The molecule has 1 aliphatic rings. The summed E-state index contributed by atoms with van der Waals surface area (Å²) in [5.74, 6) is 0.0304. The zero-order chi connectivity index (χ0) is 11.1. The molecular formula is C11H21NO3. The van der Waals surface area contributed by atoms with Crippen molar-refractivity contribution in [1.82, 2.24) is 5.32 Å². The molecule has 15 heavy (non-hydrogen) atoms. The Hall–Kier alpha value is -0.610. The Morgan fingerprint density at radius 1 is 1.60 bits per heavy atom. The molecule has 0 saturated carbocycles. The highest BCUT2D eigenvalue weighted by atomic mass is 16.5. The van der Waals surface area contributed by atoms with Crippen molar-refractivity contribution in [3.63, 3.8) is 0 Å². The first-order valence-corrected chi connectivity index (χ1v) is 5.74. The van der Waals surface area contributed by atoms with Crippen LogP contribution in [0, 0.1) is 0 Å². The van der Waals surface area contributed by atoms with Gasteiger partial charge in [0.1, 0.15) is 0 Å². The minimum absolute atomic E-state index is 0.0304. The fourth-order valence-electron chi connectivity index (χ4n) is 1.77. The van der Waals surface area contributed by atoms with E-state index in [1.54, 1.807) is 0 Å². The van der Waals surface area contributed by atoms with Gasteiger partial charge in [0.15, 0.2) is 0 Å². The molecule has 1 aliphatic heterocycles. The fraction of sp³-hybridized carbons (Fsp3) is 0.909. The van der Waals surface area contributed by atoms with Gasteiger partial charge in [-0.2, -0.15) is 0 Å². The third kappa shape index (κ3) is 5.14. The Morgan fingerprint density at radius 2 is 2.40 bits per heavy atom. The summed E-state index contributed by atoms with van der Waals surface area (Å²) in [5, 5.41) is 11.5. The number of nitrogens with one attached hydrogen (secondary N) is 1. The normalized spacial score (nSPS) is 23.5. The van der Waals surface area contributed by atoms with Crippen molar-refractivity contribution in [2.75, 3.05) is 13.2 Å². The average molecular weight is 215 g/mol. The molecule has 2 atom stereocenters. The second-order valence-corrected chi connectivity index (χ2v) is 4.17. The third-order valence-electron chi connectivity index (χ3n) is 2.66. The molecule has 0 radical (unpaired) electrons. The van der Waals surface area contributed by atoms with Crippen molar-refractivity contribution < 1.29 is 14.6 Å². The summed E-state index contributed by atoms with van der Waals surface area (Å²) >= 11 is 0. The highest BCUT2D eigenvalue weighted by Gasteiger charge is 2.18. The molecule has 88 valence electrons. The van der Waals surface area contributed by atoms with Crippen LogP contribution in [0.5, 0.6) is 0 Å². The van der Waals surface area contributed by atoms with Crippen LogP contribution in [0.1, 0.15) is 39.0 Å². The number of amides is 1. The summed E-state index contributed by atoms with van der Waals surface area (Å²) < 4.78 is 5.48. The third-order valence-corrected chi connectivity index (χ3v) is 2.66. The maximum absolute atomic E-state index is 11.5. The van der Waals surface area contributed by atoms with E-state index in [4.69, 9.17) is 9.84 Å². The van der Waals surface area contributed by atoms with Gasteiger partial charge >= 0.3 is 0 Å². The van der Waals surface area contributed by atoms with Crippen molar-refractivity contribution in [1.29, 1.82) is 0 Å². The highest BCUT2D eigenvalue weighted by molar-refractivity contribution is 5.76. The summed E-state index contributed by atoms with van der Waals surface area (Å²) in [6.07, 6.45) is 4.41. The number of rotatable bonds is 5. The number of hydrogen-bond donors (Lipinski definition) is 2. The van der Waals surface area contributed by atoms with Crippen LogP contribution in [-0.4, -0.2) is 36.4 Å². The lowest BCUT2D eigenvalue weighted by atomic mass is 10.1. The molecule has 2 N–H and O–H groups in total. The second-order valence-electron chi connectivity index (χ2n) is 4.17. The van der Waals surface area contributed by atoms with E-state index in [-0.39, 0.29) is 24.7 Å². The molecule has 0 aromatic rings. The van der Waals surface area contributed by atoms with Crippen LogP contribution >= 0.6 is 0 Å². The molecule has 1 heterocycles. The van der Waals surface area contributed by atoms with Gasteiger partial charge in [-0.15, -0.1) is 0 Å². The fourth-order valence-corrected chi connectivity index (χ4v) is 1.77. The molecular weight excluding hydrogens is 194 g/mol. The first-order chi connectivity index (χ1) is 7.22. The summed E-state index contributed by atoms with van der Waals surface area (Å²) in [4.78, 5) is 11.5. The predicted molar refractivity (Wildman–Crippen MR) is 57.5 cm³/mol. The number of aliphatic hydroxyl groups excluding tert-OH is 1. The van der Waals surface area contributed by atoms with Crippen molar-refractivity contribution >= 4 is 5.91 Å². The van der Waals surface area contributed by atoms with E-state index in [2.05, 4.69) is 5.32 Å². The lowest BCUT2D eigenvalue weighted by Gasteiger charge is -2.22. The Kier molecular flexibility index (Phi) is 5.65. The highest BCUT2D eigenvalue weighted by Crippen LogP contribution is 2.15. The molecule has 0 aromatic carbocycles. The van der Waals surface area contributed by atoms with E-state index in [0.717, 1.165) is 25.9 Å². The minimum atomic E-state index is 0.0304. The van der Waals surface area contributed by atoms with Crippen LogP contribution in [0.15, 0.2) is 0 Å². The topological polar surface area (TPSA) is 58.6 Å². The first kappa shape index (κ1) is 12.5. The lowest BCUT2D eigenvalue weighted by Crippen LogP contribution is -2.36. The Labute approximate surface area is 91.0 Å². The van der Waals surface area contributed by atoms with Crippen LogP contribution in [0.3, 0.4) is 0 Å². The quantitative estimate of drug-likeness (QED) is 0.714. The van der Waals surface area contributed by atoms with Gasteiger partial charge in [0.2, 0.25) is 5.91 Å². The molecule has 0 aliphatic carbocycles. The van der Waals surface area contributed by atoms with Crippen molar-refractivity contribution in [2.24, 2.45) is 0 Å². The average Bonchev–Trinajstić information content (AvgIpc) is 2.19. The van der Waals surface area contributed by atoms with Gasteiger partial charge in [-0.25, -0.2) is 0 Å². The van der Waals surface area contributed by atoms with Crippen LogP contribution in [0.4, 0.5) is 0 Å². The van der Waals surface area contributed by atoms with Gasteiger partial charge < -0.3 is 15.2 Å². The molecule has 1 saturated heterocycles. The summed E-state index contributed by atoms with van der Waals surface area (Å²) in [5.41, 5.74) is 0. The summed E-state index contributed by atoms with van der Waals surface area (Å²) in [6, 6.07) is 0.0473. The summed E-state index contributed by atoms with van der Waals surface area (Å²) in [6.45, 7) is 2.79. The number of hydrogen-bond acceptors (Lipinski definition) is 3. The second kappa shape index (κ2) is 6.80. The molecule has 4 nitrogen and oxygen atoms in total. The smallest absolute Gasteiger partial charge is 0.222 e. The monoisotopic (exact) mass is 215 g/mol. The molecule has 1 fully saturated rings. The van der Waals surface area contributed by atoms with E-state index in [1.807, 2.05) is 6.92 Å². The first-order valence-electron chi connectivity index (χ1n) is 5.74. The number of ether oxygens (including phenoxy) is 1. The zero-order valence-electron chi connectivity index (χ0n) is 9.37. The Morgan fingerprint density at radius 3 is 3.00 bits per heavy atom. The van der Waals surface area contributed by atoms with Crippen molar-refractivity contribution in [3.8, 4) is 0 Å². The van der Waals surface area contributed by atoms with Crippen LogP contribution in [-0.2, 0) is 9.53 Å². The molecule has 0 bridgehead atoms. The van der Waals surface area contributed by atoms with Crippen LogP contribution < -0.4 is 5.32 Å². The van der Waals surface area contributed by atoms with Gasteiger partial charge in [0.25, 0.3) is 0 Å². The molecule has 1 amide bonds. The van der Waals surface area contributed by atoms with E-state index in [1.165, 1.54) is 0 Å². The standard InChI is InChI=1S/C11H21NO3/c1-9(5-6-13)12-11(14)8-10-4-2-3-7-15-10/h9-10,13H,2-8H2,1H3,(H,12,14). The SMILES string of the molecule is CC(CCO)NC(=O)CC1CCCCO1. The molecule has 1 rings (SSSR count). The maximum atomic E-state index is 11.5. The van der Waals surface area contributed by atoms with Gasteiger partial charge in [0.05, 0.1) is 12.5 Å². The number of carbonyl (C=O) groups is 1. The maximum Gasteiger partial charge on any atom is 0.222 e. The Balaban J connectivity index is 2.16. The van der Waals surface area contributed by atoms with Gasteiger partial charge in [-0.3, -0.25) is 4.79 Å². The van der Waals surface area contributed by atoms with Gasteiger partial charge in [-0.05, 0) is 32.6 Å². The number of carbonyl (C=O) groups excluding carboxylic acids is 1. The molecule has 0 aromatic heterocycles. The van der Waals surface area contributed by atoms with E-state index in [0.29, 0.717) is 12.8 Å². The predicted octanol–water partition coefficient (Wildman–Crippen LogP) is 0.833. The summed E-state index contributed by atoms with van der Waals surface area (Å²) in [7, 11) is 0. The zero-order valence-corrected chi connectivity index (χ0v) is 9.37. The van der Waals surface area contributed by atoms with Crippen molar-refractivity contribution in [2.45, 2.75) is 51.2 Å². The van der Waals surface area contributed by atoms with E-state index in [9.17, 15) is 4.79 Å². The molecule has 4 heteroatoms. The molecule has 0 spiro atoms. The Bertz CT molecular complexity index is 190. The van der Waals surface area contributed by atoms with Crippen molar-refractivity contribution in [3.05, 3.63) is 0 Å². The molecule has 2 unspecified atom stereocenters. The van der Waals surface area contributed by atoms with Crippen LogP contribution in [0.2, 0.25) is 0 Å². The van der Waals surface area contributed by atoms with Crippen LogP contribution in [0.25, 0.3) is 0 Å².